The van der Waals surface area contributed by atoms with Gasteiger partial charge in [-0.1, -0.05) is 12.8 Å². The minimum absolute atomic E-state index is 0. The quantitative estimate of drug-likeness (QED) is 0.758. The molecule has 6 nitrogen and oxygen atoms in total. The van der Waals surface area contributed by atoms with Crippen molar-refractivity contribution < 1.29 is 9.13 Å². The lowest BCUT2D eigenvalue weighted by Crippen LogP contribution is -2.54. The summed E-state index contributed by atoms with van der Waals surface area (Å²) in [6, 6.07) is 3.14. The Balaban J connectivity index is 0.00000131. The standard InChI is InChI=1S/C18H21FN4O2.2H2S/c1-22-17(24)10-14(12-6-7-20-11-13(12)19)21-18(22)23-8-9-25-16-5-3-2-4-15(16)23;;/h6-7,10-11,15-16H,2-5,8-9H2,1H3;2*1H2/t15-,16-;;/m0../s1. The van der Waals surface area contributed by atoms with Crippen LogP contribution in [0.3, 0.4) is 0 Å². The van der Waals surface area contributed by atoms with E-state index in [9.17, 15) is 9.18 Å². The van der Waals surface area contributed by atoms with E-state index in [1.54, 1.807) is 17.7 Å². The molecule has 0 amide bonds. The molecule has 2 aromatic rings. The molecule has 2 atom stereocenters. The van der Waals surface area contributed by atoms with Gasteiger partial charge in [0.15, 0.2) is 5.82 Å². The number of halogens is 1. The Morgan fingerprint density at radius 1 is 1.26 bits per heavy atom. The molecule has 2 fully saturated rings. The van der Waals surface area contributed by atoms with Gasteiger partial charge < -0.3 is 9.64 Å². The normalized spacial score (nSPS) is 21.6. The Kier molecular flexibility index (Phi) is 7.30. The highest BCUT2D eigenvalue weighted by Gasteiger charge is 2.36. The van der Waals surface area contributed by atoms with E-state index in [1.165, 1.54) is 18.7 Å². The number of fused-ring (bicyclic) bond motifs is 1. The van der Waals surface area contributed by atoms with Gasteiger partial charge in [-0.25, -0.2) is 9.37 Å². The van der Waals surface area contributed by atoms with Gasteiger partial charge in [0.05, 0.1) is 30.6 Å². The second-order valence-corrected chi connectivity index (χ2v) is 6.65. The fourth-order valence-corrected chi connectivity index (χ4v) is 3.85. The maximum Gasteiger partial charge on any atom is 0.255 e. The molecule has 3 heterocycles. The van der Waals surface area contributed by atoms with E-state index < -0.39 is 5.82 Å². The smallest absolute Gasteiger partial charge is 0.255 e. The Bertz CT molecular complexity index is 846. The highest BCUT2D eigenvalue weighted by molar-refractivity contribution is 7.59. The lowest BCUT2D eigenvalue weighted by Gasteiger charge is -2.44. The van der Waals surface area contributed by atoms with Gasteiger partial charge in [0.2, 0.25) is 5.95 Å². The topological polar surface area (TPSA) is 60.2 Å². The second kappa shape index (κ2) is 9.07. The summed E-state index contributed by atoms with van der Waals surface area (Å²) in [5.74, 6) is 0.102. The first-order chi connectivity index (χ1) is 12.1. The van der Waals surface area contributed by atoms with Crippen LogP contribution in [-0.4, -0.2) is 39.8 Å². The number of hydrogen-bond acceptors (Lipinski definition) is 5. The highest BCUT2D eigenvalue weighted by atomic mass is 32.1. The molecular formula is C18H25FN4O2S2. The van der Waals surface area contributed by atoms with Gasteiger partial charge in [-0.05, 0) is 18.9 Å². The first kappa shape index (κ1) is 21.7. The second-order valence-electron chi connectivity index (χ2n) is 6.65. The number of aromatic nitrogens is 3. The maximum absolute atomic E-state index is 14.1. The van der Waals surface area contributed by atoms with E-state index in [2.05, 4.69) is 14.9 Å². The number of pyridine rings is 1. The maximum atomic E-state index is 14.1. The van der Waals surface area contributed by atoms with Gasteiger partial charge in [0, 0.05) is 31.4 Å². The van der Waals surface area contributed by atoms with Crippen LogP contribution in [0, 0.1) is 5.82 Å². The van der Waals surface area contributed by atoms with Crippen LogP contribution >= 0.6 is 27.0 Å². The van der Waals surface area contributed by atoms with Gasteiger partial charge in [0.25, 0.3) is 5.56 Å². The first-order valence-electron chi connectivity index (χ1n) is 8.71. The average Bonchev–Trinajstić information content (AvgIpc) is 2.64. The van der Waals surface area contributed by atoms with Crippen molar-refractivity contribution in [1.82, 2.24) is 14.5 Å². The predicted octanol–water partition coefficient (Wildman–Crippen LogP) is 2.35. The van der Waals surface area contributed by atoms with Crippen molar-refractivity contribution >= 4 is 32.9 Å². The van der Waals surface area contributed by atoms with Gasteiger partial charge in [-0.3, -0.25) is 14.3 Å². The fraction of sp³-hybridized carbons (Fsp3) is 0.500. The van der Waals surface area contributed by atoms with Crippen molar-refractivity contribution in [3.8, 4) is 11.3 Å². The highest BCUT2D eigenvalue weighted by Crippen LogP contribution is 2.31. The van der Waals surface area contributed by atoms with Crippen molar-refractivity contribution in [3.63, 3.8) is 0 Å². The van der Waals surface area contributed by atoms with Crippen molar-refractivity contribution in [3.05, 3.63) is 40.7 Å². The molecule has 0 unspecified atom stereocenters. The van der Waals surface area contributed by atoms with Gasteiger partial charge in [-0.2, -0.15) is 27.0 Å². The molecule has 1 saturated carbocycles. The van der Waals surface area contributed by atoms with Crippen LogP contribution in [-0.2, 0) is 11.8 Å². The van der Waals surface area contributed by atoms with E-state index in [-0.39, 0.29) is 44.7 Å². The van der Waals surface area contributed by atoms with Crippen LogP contribution < -0.4 is 10.5 Å². The van der Waals surface area contributed by atoms with E-state index in [4.69, 9.17) is 4.74 Å². The summed E-state index contributed by atoms with van der Waals surface area (Å²) >= 11 is 0. The summed E-state index contributed by atoms with van der Waals surface area (Å²) in [5, 5.41) is 0. The van der Waals surface area contributed by atoms with E-state index in [1.807, 2.05) is 0 Å². The molecule has 9 heteroatoms. The summed E-state index contributed by atoms with van der Waals surface area (Å²) in [6.07, 6.45) is 7.20. The van der Waals surface area contributed by atoms with Crippen molar-refractivity contribution in [1.29, 1.82) is 0 Å². The zero-order chi connectivity index (χ0) is 17.4. The Morgan fingerprint density at radius 2 is 2.04 bits per heavy atom. The molecule has 0 bridgehead atoms. The van der Waals surface area contributed by atoms with Gasteiger partial charge >= 0.3 is 0 Å². The van der Waals surface area contributed by atoms with Crippen LogP contribution in [0.1, 0.15) is 25.7 Å². The molecule has 2 aliphatic rings. The molecule has 1 aliphatic carbocycles. The summed E-state index contributed by atoms with van der Waals surface area (Å²) in [4.78, 5) is 23.0. The summed E-state index contributed by atoms with van der Waals surface area (Å²) in [6.45, 7) is 1.30. The largest absolute Gasteiger partial charge is 0.374 e. The van der Waals surface area contributed by atoms with Crippen LogP contribution in [0.2, 0.25) is 0 Å². The van der Waals surface area contributed by atoms with Crippen LogP contribution in [0.4, 0.5) is 10.3 Å². The summed E-state index contributed by atoms with van der Waals surface area (Å²) in [5.41, 5.74) is 0.439. The average molecular weight is 413 g/mol. The minimum atomic E-state index is -0.480. The Labute approximate surface area is 171 Å². The minimum Gasteiger partial charge on any atom is -0.374 e. The number of nitrogens with zero attached hydrogens (tertiary/aromatic N) is 4. The van der Waals surface area contributed by atoms with Crippen LogP contribution in [0.25, 0.3) is 11.3 Å². The molecule has 2 aromatic heterocycles. The Hall–Kier alpha value is -1.58. The number of morpholine rings is 1. The third kappa shape index (κ3) is 4.14. The number of hydrogen-bond donors (Lipinski definition) is 0. The zero-order valence-electron chi connectivity index (χ0n) is 15.2. The Morgan fingerprint density at radius 3 is 2.81 bits per heavy atom. The predicted molar refractivity (Wildman–Crippen MR) is 113 cm³/mol. The lowest BCUT2D eigenvalue weighted by atomic mass is 9.90. The van der Waals surface area contributed by atoms with Gasteiger partial charge in [-0.15, -0.1) is 0 Å². The number of anilines is 1. The molecule has 148 valence electrons. The molecule has 4 rings (SSSR count). The monoisotopic (exact) mass is 412 g/mol. The summed E-state index contributed by atoms with van der Waals surface area (Å²) < 4.78 is 21.6. The molecular weight excluding hydrogens is 387 g/mol. The first-order valence-corrected chi connectivity index (χ1v) is 8.71. The molecule has 0 spiro atoms. The molecule has 27 heavy (non-hydrogen) atoms. The molecule has 1 saturated heterocycles. The van der Waals surface area contributed by atoms with E-state index in [0.717, 1.165) is 25.5 Å². The fourth-order valence-electron chi connectivity index (χ4n) is 3.85. The van der Waals surface area contributed by atoms with E-state index >= 15 is 0 Å². The van der Waals surface area contributed by atoms with Crippen molar-refractivity contribution in [2.75, 3.05) is 18.1 Å². The lowest BCUT2D eigenvalue weighted by molar-refractivity contribution is -0.00959. The van der Waals surface area contributed by atoms with Crippen molar-refractivity contribution in [2.24, 2.45) is 7.05 Å². The zero-order valence-corrected chi connectivity index (χ0v) is 17.2. The number of ether oxygens (including phenoxy) is 1. The number of rotatable bonds is 2. The van der Waals surface area contributed by atoms with Crippen LogP contribution in [0.15, 0.2) is 29.3 Å². The summed E-state index contributed by atoms with van der Waals surface area (Å²) in [7, 11) is 1.71. The third-order valence-electron chi connectivity index (χ3n) is 5.15. The van der Waals surface area contributed by atoms with Crippen molar-refractivity contribution in [2.45, 2.75) is 37.8 Å². The third-order valence-corrected chi connectivity index (χ3v) is 5.15. The molecule has 0 radical (unpaired) electrons. The van der Waals surface area contributed by atoms with Crippen LogP contribution in [0.5, 0.6) is 0 Å². The molecule has 0 aromatic carbocycles. The van der Waals surface area contributed by atoms with E-state index in [0.29, 0.717) is 30.4 Å². The molecule has 0 N–H and O–H groups in total. The SMILES string of the molecule is Cn1c(N2CCO[C@H]3CCCC[C@@H]32)nc(-c2ccncc2F)cc1=O.S.S. The molecule has 1 aliphatic heterocycles. The van der Waals surface area contributed by atoms with Gasteiger partial charge in [0.1, 0.15) is 0 Å².